The van der Waals surface area contributed by atoms with Crippen LogP contribution in [0.3, 0.4) is 0 Å². The second-order valence-corrected chi connectivity index (χ2v) is 7.77. The van der Waals surface area contributed by atoms with E-state index in [1.165, 1.54) is 18.2 Å². The lowest BCUT2D eigenvalue weighted by atomic mass is 10.0. The fourth-order valence-corrected chi connectivity index (χ4v) is 3.67. The summed E-state index contributed by atoms with van der Waals surface area (Å²) in [5, 5.41) is 20.5. The van der Waals surface area contributed by atoms with Gasteiger partial charge in [0.2, 0.25) is 0 Å². The smallest absolute Gasteiger partial charge is 0.416 e. The summed E-state index contributed by atoms with van der Waals surface area (Å²) >= 11 is 6.24. The van der Waals surface area contributed by atoms with Gasteiger partial charge in [0.15, 0.2) is 5.82 Å². The number of benzene rings is 3. The molecule has 0 aliphatic carbocycles. The summed E-state index contributed by atoms with van der Waals surface area (Å²) in [5.74, 6) is -1.27. The quantitative estimate of drug-likeness (QED) is 0.279. The van der Waals surface area contributed by atoms with Crippen molar-refractivity contribution < 1.29 is 36.2 Å². The van der Waals surface area contributed by atoms with Gasteiger partial charge in [-0.15, -0.1) is 10.2 Å². The van der Waals surface area contributed by atoms with Crippen LogP contribution in [0.15, 0.2) is 60.7 Å². The van der Waals surface area contributed by atoms with Gasteiger partial charge in [-0.2, -0.15) is 26.3 Å². The van der Waals surface area contributed by atoms with E-state index in [0.717, 1.165) is 0 Å². The zero-order valence-electron chi connectivity index (χ0n) is 17.2. The maximum absolute atomic E-state index is 13.2. The van der Waals surface area contributed by atoms with Crippen LogP contribution < -0.4 is 5.32 Å². The van der Waals surface area contributed by atoms with Gasteiger partial charge in [0, 0.05) is 22.0 Å². The van der Waals surface area contributed by atoms with Gasteiger partial charge in [-0.25, -0.2) is 4.79 Å². The molecule has 1 heterocycles. The molecule has 35 heavy (non-hydrogen) atoms. The third kappa shape index (κ3) is 4.99. The minimum absolute atomic E-state index is 0.0286. The summed E-state index contributed by atoms with van der Waals surface area (Å²) in [6.07, 6.45) is -10.0. The summed E-state index contributed by atoms with van der Waals surface area (Å²) < 4.78 is 79.3. The van der Waals surface area contributed by atoms with Gasteiger partial charge in [0.25, 0.3) is 0 Å². The van der Waals surface area contributed by atoms with Crippen molar-refractivity contribution in [1.29, 1.82) is 0 Å². The molecular weight excluding hydrogens is 500 g/mol. The van der Waals surface area contributed by atoms with Crippen LogP contribution in [-0.4, -0.2) is 21.3 Å². The summed E-state index contributed by atoms with van der Waals surface area (Å²) in [6, 6.07) is 11.5. The maximum atomic E-state index is 13.2. The van der Waals surface area contributed by atoms with E-state index >= 15 is 0 Å². The van der Waals surface area contributed by atoms with E-state index in [2.05, 4.69) is 15.5 Å². The summed E-state index contributed by atoms with van der Waals surface area (Å²) in [4.78, 5) is 11.2. The molecule has 0 fully saturated rings. The first kappa shape index (κ1) is 24.3. The van der Waals surface area contributed by atoms with Crippen molar-refractivity contribution in [3.63, 3.8) is 0 Å². The topological polar surface area (TPSA) is 75.1 Å². The van der Waals surface area contributed by atoms with Crippen LogP contribution in [-0.2, 0) is 12.4 Å². The monoisotopic (exact) mass is 511 g/mol. The molecule has 5 nitrogen and oxygen atoms in total. The predicted octanol–water partition coefficient (Wildman–Crippen LogP) is 7.43. The average Bonchev–Trinajstić information content (AvgIpc) is 2.78. The Labute approximate surface area is 198 Å². The number of hydrogen-bond donors (Lipinski definition) is 2. The van der Waals surface area contributed by atoms with E-state index in [0.29, 0.717) is 28.5 Å². The molecule has 0 bridgehead atoms. The van der Waals surface area contributed by atoms with Crippen molar-refractivity contribution in [2.75, 3.05) is 5.32 Å². The van der Waals surface area contributed by atoms with Gasteiger partial charge < -0.3 is 10.4 Å². The summed E-state index contributed by atoms with van der Waals surface area (Å²) in [6.45, 7) is 0. The first-order chi connectivity index (χ1) is 16.3. The molecule has 0 aliphatic rings. The van der Waals surface area contributed by atoms with Gasteiger partial charge in [-0.05, 0) is 30.3 Å². The Balaban J connectivity index is 1.83. The second-order valence-electron chi connectivity index (χ2n) is 7.36. The molecule has 2 N–H and O–H groups in total. The average molecular weight is 512 g/mol. The van der Waals surface area contributed by atoms with Crippen molar-refractivity contribution >= 4 is 39.8 Å². The van der Waals surface area contributed by atoms with E-state index in [1.54, 1.807) is 24.3 Å². The molecule has 0 saturated carbocycles. The predicted molar refractivity (Wildman–Crippen MR) is 117 cm³/mol. The maximum Gasteiger partial charge on any atom is 0.416 e. The van der Waals surface area contributed by atoms with Crippen LogP contribution in [0.4, 0.5) is 37.8 Å². The van der Waals surface area contributed by atoms with Crippen molar-refractivity contribution in [2.24, 2.45) is 0 Å². The molecule has 0 amide bonds. The van der Waals surface area contributed by atoms with Crippen molar-refractivity contribution in [3.8, 4) is 11.3 Å². The minimum atomic E-state index is -5.01. The van der Waals surface area contributed by atoms with E-state index in [-0.39, 0.29) is 28.2 Å². The highest BCUT2D eigenvalue weighted by Crippen LogP contribution is 2.39. The lowest BCUT2D eigenvalue weighted by molar-refractivity contribution is -0.143. The van der Waals surface area contributed by atoms with E-state index in [4.69, 9.17) is 16.7 Å². The molecule has 0 spiro atoms. The SMILES string of the molecule is O=C(O)c1ccc(-c2nnc(Nc3cc(C(F)(F)F)cc(C(F)(F)F)c3)c3ccccc23)c(Cl)c1. The molecule has 4 rings (SSSR count). The van der Waals surface area contributed by atoms with Crippen LogP contribution in [0.5, 0.6) is 0 Å². The highest BCUT2D eigenvalue weighted by Gasteiger charge is 2.37. The number of aromatic nitrogens is 2. The normalized spacial score (nSPS) is 12.1. The van der Waals surface area contributed by atoms with Gasteiger partial charge in [0.05, 0.1) is 21.7 Å². The number of carboxylic acid groups (broad SMARTS) is 1. The van der Waals surface area contributed by atoms with E-state index in [1.807, 2.05) is 0 Å². The number of hydrogen-bond acceptors (Lipinski definition) is 4. The third-order valence-electron chi connectivity index (χ3n) is 5.01. The lowest BCUT2D eigenvalue weighted by Crippen LogP contribution is -2.12. The molecule has 4 aromatic rings. The van der Waals surface area contributed by atoms with Gasteiger partial charge >= 0.3 is 18.3 Å². The first-order valence-corrected chi connectivity index (χ1v) is 10.1. The highest BCUT2D eigenvalue weighted by molar-refractivity contribution is 6.34. The van der Waals surface area contributed by atoms with Crippen LogP contribution in [0.2, 0.25) is 5.02 Å². The second kappa shape index (κ2) is 8.73. The van der Waals surface area contributed by atoms with Gasteiger partial charge in [0.1, 0.15) is 5.69 Å². The van der Waals surface area contributed by atoms with E-state index < -0.39 is 35.1 Å². The standard InChI is InChI=1S/C23H12ClF6N3O2/c24-18-7-11(21(34)35)5-6-17(18)19-15-3-1-2-4-16(15)20(33-32-19)31-14-9-12(22(25,26)27)8-13(10-14)23(28,29)30/h1-10H,(H,31,33)(H,34,35). The molecule has 0 saturated heterocycles. The fourth-order valence-electron chi connectivity index (χ4n) is 3.40. The number of carboxylic acids is 1. The number of nitrogens with one attached hydrogen (secondary N) is 1. The van der Waals surface area contributed by atoms with Crippen molar-refractivity contribution in [2.45, 2.75) is 12.4 Å². The summed E-state index contributed by atoms with van der Waals surface area (Å²) in [5.41, 5.74) is -2.91. The van der Waals surface area contributed by atoms with Crippen LogP contribution >= 0.6 is 11.6 Å². The number of anilines is 2. The Morgan fingerprint density at radius 3 is 1.97 bits per heavy atom. The number of aromatic carboxylic acids is 1. The Hall–Kier alpha value is -3.86. The van der Waals surface area contributed by atoms with Gasteiger partial charge in [-0.3, -0.25) is 0 Å². The molecule has 1 aromatic heterocycles. The molecule has 0 radical (unpaired) electrons. The Bertz CT molecular complexity index is 1420. The van der Waals surface area contributed by atoms with Crippen LogP contribution in [0.25, 0.3) is 22.0 Å². The zero-order valence-corrected chi connectivity index (χ0v) is 17.9. The number of fused-ring (bicyclic) bond motifs is 1. The van der Waals surface area contributed by atoms with Gasteiger partial charge in [-0.1, -0.05) is 41.9 Å². The summed E-state index contributed by atoms with van der Waals surface area (Å²) in [7, 11) is 0. The third-order valence-corrected chi connectivity index (χ3v) is 5.32. The molecule has 0 atom stereocenters. The Morgan fingerprint density at radius 2 is 1.43 bits per heavy atom. The molecule has 0 unspecified atom stereocenters. The van der Waals surface area contributed by atoms with E-state index in [9.17, 15) is 31.1 Å². The first-order valence-electron chi connectivity index (χ1n) is 9.70. The molecule has 180 valence electrons. The molecule has 3 aromatic carbocycles. The number of nitrogens with zero attached hydrogens (tertiary/aromatic N) is 2. The fraction of sp³-hybridized carbons (Fsp3) is 0.0870. The number of halogens is 7. The number of rotatable bonds is 4. The Morgan fingerprint density at radius 1 is 0.829 bits per heavy atom. The zero-order chi connectivity index (χ0) is 25.5. The largest absolute Gasteiger partial charge is 0.478 e. The molecule has 12 heteroatoms. The highest BCUT2D eigenvalue weighted by atomic mass is 35.5. The number of alkyl halides is 6. The van der Waals surface area contributed by atoms with Crippen molar-refractivity contribution in [1.82, 2.24) is 10.2 Å². The minimum Gasteiger partial charge on any atom is -0.478 e. The van der Waals surface area contributed by atoms with Crippen LogP contribution in [0.1, 0.15) is 21.5 Å². The molecular formula is C23H12ClF6N3O2. The van der Waals surface area contributed by atoms with Crippen molar-refractivity contribution in [3.05, 3.63) is 82.4 Å². The molecule has 0 aliphatic heterocycles. The Kier molecular flexibility index (Phi) is 6.05. The number of carbonyl (C=O) groups is 1. The van der Waals surface area contributed by atoms with Crippen LogP contribution in [0, 0.1) is 0 Å². The lowest BCUT2D eigenvalue weighted by Gasteiger charge is -2.16.